The fourth-order valence-corrected chi connectivity index (χ4v) is 5.47. The van der Waals surface area contributed by atoms with Crippen LogP contribution in [0.25, 0.3) is 20.9 Å². The fourth-order valence-electron chi connectivity index (χ4n) is 3.39. The molecule has 1 saturated carbocycles. The highest BCUT2D eigenvalue weighted by Crippen LogP contribution is 2.35. The van der Waals surface area contributed by atoms with Crippen LogP contribution in [-0.2, 0) is 14.8 Å². The van der Waals surface area contributed by atoms with Crippen molar-refractivity contribution < 1.29 is 26.7 Å². The number of sulfonamides is 1. The van der Waals surface area contributed by atoms with Gasteiger partial charge in [0.1, 0.15) is 37.6 Å². The summed E-state index contributed by atoms with van der Waals surface area (Å²) in [5.41, 5.74) is 1.44. The van der Waals surface area contributed by atoms with Gasteiger partial charge in [0.25, 0.3) is 10.0 Å². The molecule has 4 aromatic rings. The zero-order valence-corrected chi connectivity index (χ0v) is 20.5. The summed E-state index contributed by atoms with van der Waals surface area (Å²) in [7, 11) is -3.14. The Morgan fingerprint density at radius 1 is 1.17 bits per heavy atom. The first-order valence-corrected chi connectivity index (χ1v) is 12.9. The van der Waals surface area contributed by atoms with E-state index in [-0.39, 0.29) is 29.3 Å². The number of nitrogens with one attached hydrogen (secondary N) is 2. The highest BCUT2D eigenvalue weighted by atomic mass is 32.2. The largest absolute Gasteiger partial charge is 0.480 e. The van der Waals surface area contributed by atoms with E-state index in [2.05, 4.69) is 30.0 Å². The maximum absolute atomic E-state index is 14.1. The van der Waals surface area contributed by atoms with Gasteiger partial charge in [-0.15, -0.1) is 0 Å². The molecule has 1 aliphatic rings. The van der Waals surface area contributed by atoms with Crippen molar-refractivity contribution in [2.24, 2.45) is 5.92 Å². The number of nitrogens with zero attached hydrogens (tertiary/aromatic N) is 4. The molecular formula is C22H18F2N6O4S2. The number of hydrogen-bond acceptors (Lipinski definition) is 9. The van der Waals surface area contributed by atoms with E-state index in [0.29, 0.717) is 32.7 Å². The molecular weight excluding hydrogens is 514 g/mol. The minimum Gasteiger partial charge on any atom is -0.480 e. The van der Waals surface area contributed by atoms with Crippen molar-refractivity contribution in [1.82, 2.24) is 19.9 Å². The van der Waals surface area contributed by atoms with E-state index < -0.39 is 26.6 Å². The third-order valence-electron chi connectivity index (χ3n) is 5.34. The number of carbonyl (C=O) groups is 1. The Bertz CT molecular complexity index is 1620. The van der Waals surface area contributed by atoms with E-state index >= 15 is 0 Å². The monoisotopic (exact) mass is 532 g/mol. The molecule has 186 valence electrons. The normalized spacial score (nSPS) is 13.6. The van der Waals surface area contributed by atoms with E-state index in [4.69, 9.17) is 4.74 Å². The Morgan fingerprint density at radius 2 is 1.94 bits per heavy atom. The summed E-state index contributed by atoms with van der Waals surface area (Å²) >= 11 is 1.20. The van der Waals surface area contributed by atoms with Gasteiger partial charge in [0.15, 0.2) is 0 Å². The maximum Gasteiger partial charge on any atom is 0.264 e. The number of thiazole rings is 1. The molecule has 5 rings (SSSR count). The molecule has 3 aromatic heterocycles. The Morgan fingerprint density at radius 3 is 2.64 bits per heavy atom. The number of carbonyl (C=O) groups excluding carboxylic acids is 1. The lowest BCUT2D eigenvalue weighted by atomic mass is 10.2. The third kappa shape index (κ3) is 4.68. The molecule has 14 heteroatoms. The van der Waals surface area contributed by atoms with Gasteiger partial charge in [0.05, 0.1) is 12.8 Å². The molecule has 10 nitrogen and oxygen atoms in total. The lowest BCUT2D eigenvalue weighted by molar-refractivity contribution is -0.117. The number of aromatic nitrogens is 4. The lowest BCUT2D eigenvalue weighted by Crippen LogP contribution is -2.15. The van der Waals surface area contributed by atoms with Gasteiger partial charge in [0.2, 0.25) is 17.7 Å². The molecule has 36 heavy (non-hydrogen) atoms. The topological polar surface area (TPSA) is 136 Å². The number of anilines is 2. The van der Waals surface area contributed by atoms with Crippen molar-refractivity contribution in [3.63, 3.8) is 0 Å². The van der Waals surface area contributed by atoms with Gasteiger partial charge >= 0.3 is 0 Å². The van der Waals surface area contributed by atoms with Crippen molar-refractivity contribution in [2.45, 2.75) is 24.7 Å². The predicted molar refractivity (Wildman–Crippen MR) is 128 cm³/mol. The van der Waals surface area contributed by atoms with E-state index in [9.17, 15) is 22.0 Å². The number of pyridine rings is 1. The molecule has 3 heterocycles. The van der Waals surface area contributed by atoms with Crippen LogP contribution in [0.4, 0.5) is 20.4 Å². The summed E-state index contributed by atoms with van der Waals surface area (Å²) in [6.07, 6.45) is 3.13. The van der Waals surface area contributed by atoms with Gasteiger partial charge in [-0.05, 0) is 38.0 Å². The second kappa shape index (κ2) is 9.02. The van der Waals surface area contributed by atoms with Crippen LogP contribution in [0.2, 0.25) is 0 Å². The number of methoxy groups -OCH3 is 1. The van der Waals surface area contributed by atoms with Crippen LogP contribution in [0.5, 0.6) is 5.88 Å². The van der Waals surface area contributed by atoms with Crippen molar-refractivity contribution in [2.75, 3.05) is 17.1 Å². The number of amides is 1. The number of hydrogen-bond donors (Lipinski definition) is 2. The first kappa shape index (κ1) is 23.9. The van der Waals surface area contributed by atoms with E-state index in [0.717, 1.165) is 25.0 Å². The van der Waals surface area contributed by atoms with Gasteiger partial charge in [-0.2, -0.15) is 4.98 Å². The van der Waals surface area contributed by atoms with E-state index in [1.54, 1.807) is 6.92 Å². The van der Waals surface area contributed by atoms with E-state index in [1.807, 2.05) is 0 Å². The Kier molecular flexibility index (Phi) is 6.00. The average Bonchev–Trinajstić information content (AvgIpc) is 3.58. The highest BCUT2D eigenvalue weighted by molar-refractivity contribution is 7.92. The summed E-state index contributed by atoms with van der Waals surface area (Å²) in [6, 6.07) is 3.58. The summed E-state index contributed by atoms with van der Waals surface area (Å²) in [4.78, 5) is 29.2. The van der Waals surface area contributed by atoms with Crippen LogP contribution in [0.1, 0.15) is 18.5 Å². The van der Waals surface area contributed by atoms with Gasteiger partial charge in [0, 0.05) is 23.7 Å². The average molecular weight is 533 g/mol. The minimum absolute atomic E-state index is 0.00224. The van der Waals surface area contributed by atoms with Gasteiger partial charge in [-0.1, -0.05) is 11.3 Å². The van der Waals surface area contributed by atoms with Crippen LogP contribution in [-0.4, -0.2) is 41.4 Å². The van der Waals surface area contributed by atoms with Crippen LogP contribution < -0.4 is 14.8 Å². The van der Waals surface area contributed by atoms with Crippen molar-refractivity contribution in [3.8, 4) is 16.5 Å². The first-order valence-electron chi connectivity index (χ1n) is 10.6. The Labute approximate surface area is 207 Å². The van der Waals surface area contributed by atoms with Crippen LogP contribution in [0.15, 0.2) is 35.4 Å². The molecule has 2 N–H and O–H groups in total. The van der Waals surface area contributed by atoms with Crippen molar-refractivity contribution >= 4 is 49.3 Å². The molecule has 0 radical (unpaired) electrons. The van der Waals surface area contributed by atoms with Crippen LogP contribution in [0.3, 0.4) is 0 Å². The second-order valence-corrected chi connectivity index (χ2v) is 10.7. The first-order chi connectivity index (χ1) is 17.1. The number of ether oxygens (including phenoxy) is 1. The zero-order valence-electron chi connectivity index (χ0n) is 18.9. The van der Waals surface area contributed by atoms with Crippen molar-refractivity contribution in [3.05, 3.63) is 47.8 Å². The summed E-state index contributed by atoms with van der Waals surface area (Å²) in [5, 5.41) is 3.17. The number of halogens is 2. The van der Waals surface area contributed by atoms with E-state index in [1.165, 1.54) is 30.7 Å². The molecule has 0 aliphatic heterocycles. The van der Waals surface area contributed by atoms with Crippen molar-refractivity contribution in [1.29, 1.82) is 0 Å². The molecule has 0 unspecified atom stereocenters. The number of fused-ring (bicyclic) bond motifs is 1. The van der Waals surface area contributed by atoms with Gasteiger partial charge < -0.3 is 4.74 Å². The molecule has 1 amide bonds. The second-order valence-electron chi connectivity index (χ2n) is 8.03. The number of benzene rings is 1. The summed E-state index contributed by atoms with van der Waals surface area (Å²) < 4.78 is 60.4. The smallest absolute Gasteiger partial charge is 0.264 e. The van der Waals surface area contributed by atoms with Crippen LogP contribution in [0, 0.1) is 24.5 Å². The Balaban J connectivity index is 1.49. The number of aryl methyl sites for hydroxylation is 1. The standard InChI is InChI=1S/C22H18F2N6O4S2/c1-10-17-21(29-22(26-10)28-18(31)11-3-4-11)35-20(27-17)12-7-15(19(34-2)25-9-12)30-36(32,33)16-6-5-13(23)8-14(16)24/h5-9,11,30H,3-4H2,1-2H3,(H,26,28,29,31). The third-order valence-corrected chi connectivity index (χ3v) is 7.73. The Hall–Kier alpha value is -3.78. The molecule has 1 aromatic carbocycles. The summed E-state index contributed by atoms with van der Waals surface area (Å²) in [6.45, 7) is 1.74. The lowest BCUT2D eigenvalue weighted by Gasteiger charge is -2.12. The minimum atomic E-state index is -4.43. The molecule has 0 spiro atoms. The molecule has 0 saturated heterocycles. The van der Waals surface area contributed by atoms with Crippen LogP contribution >= 0.6 is 11.3 Å². The fraction of sp³-hybridized carbons (Fsp3) is 0.227. The zero-order chi connectivity index (χ0) is 25.6. The van der Waals surface area contributed by atoms with Gasteiger partial charge in [-0.3, -0.25) is 14.8 Å². The molecule has 0 atom stereocenters. The molecule has 1 fully saturated rings. The highest BCUT2D eigenvalue weighted by Gasteiger charge is 2.30. The molecule has 0 bridgehead atoms. The SMILES string of the molecule is COc1ncc(-c2nc3c(C)nc(NC(=O)C4CC4)nc3s2)cc1NS(=O)(=O)c1ccc(F)cc1F. The maximum atomic E-state index is 14.1. The molecule has 1 aliphatic carbocycles. The summed E-state index contributed by atoms with van der Waals surface area (Å²) in [5.74, 6) is -2.14. The van der Waals surface area contributed by atoms with Gasteiger partial charge in [-0.25, -0.2) is 32.2 Å². The predicted octanol–water partition coefficient (Wildman–Crippen LogP) is 3.89. The number of rotatable bonds is 7. The quantitative estimate of drug-likeness (QED) is 0.366.